The zero-order chi connectivity index (χ0) is 10.6. The summed E-state index contributed by atoms with van der Waals surface area (Å²) in [5.74, 6) is 0.515. The van der Waals surface area contributed by atoms with Gasteiger partial charge in [-0.05, 0) is 19.1 Å². The van der Waals surface area contributed by atoms with E-state index in [1.54, 1.807) is 19.2 Å². The predicted octanol–water partition coefficient (Wildman–Crippen LogP) is 1.39. The summed E-state index contributed by atoms with van der Waals surface area (Å²) in [6.45, 7) is 2.35. The highest BCUT2D eigenvalue weighted by molar-refractivity contribution is 5.61. The number of nitrogen functional groups attached to an aromatic ring is 1. The van der Waals surface area contributed by atoms with Crippen LogP contribution in [-0.4, -0.2) is 24.9 Å². The standard InChI is InChI=1S/C10H15NO3/c1-7(6-13-2)14-9-5-3-4-8(12)10(9)11/h3-5,7,12H,6,11H2,1-2H3. The highest BCUT2D eigenvalue weighted by Gasteiger charge is 2.08. The molecule has 0 radical (unpaired) electrons. The maximum atomic E-state index is 9.31. The van der Waals surface area contributed by atoms with Gasteiger partial charge < -0.3 is 20.3 Å². The van der Waals surface area contributed by atoms with Crippen LogP contribution in [0.5, 0.6) is 11.5 Å². The van der Waals surface area contributed by atoms with Crippen molar-refractivity contribution >= 4 is 5.69 Å². The lowest BCUT2D eigenvalue weighted by molar-refractivity contribution is 0.0924. The molecule has 0 heterocycles. The molecular formula is C10H15NO3. The zero-order valence-electron chi connectivity index (χ0n) is 8.36. The first kappa shape index (κ1) is 10.7. The number of methoxy groups -OCH3 is 1. The van der Waals surface area contributed by atoms with Gasteiger partial charge in [0.25, 0.3) is 0 Å². The summed E-state index contributed by atoms with van der Waals surface area (Å²) >= 11 is 0. The molecule has 3 N–H and O–H groups in total. The van der Waals surface area contributed by atoms with Crippen LogP contribution in [0.3, 0.4) is 0 Å². The van der Waals surface area contributed by atoms with Crippen LogP contribution in [-0.2, 0) is 4.74 Å². The number of ether oxygens (including phenoxy) is 2. The molecule has 0 amide bonds. The van der Waals surface area contributed by atoms with E-state index in [-0.39, 0.29) is 17.5 Å². The van der Waals surface area contributed by atoms with Crippen LogP contribution in [0.15, 0.2) is 18.2 Å². The van der Waals surface area contributed by atoms with E-state index in [1.165, 1.54) is 6.07 Å². The number of anilines is 1. The third kappa shape index (κ3) is 2.53. The first-order valence-electron chi connectivity index (χ1n) is 4.38. The highest BCUT2D eigenvalue weighted by atomic mass is 16.5. The molecule has 0 spiro atoms. The van der Waals surface area contributed by atoms with Gasteiger partial charge in [0.05, 0.1) is 6.61 Å². The van der Waals surface area contributed by atoms with Gasteiger partial charge in [-0.2, -0.15) is 0 Å². The van der Waals surface area contributed by atoms with E-state index in [0.717, 1.165) is 0 Å². The number of benzene rings is 1. The maximum Gasteiger partial charge on any atom is 0.146 e. The Balaban J connectivity index is 2.71. The number of phenols is 1. The molecule has 78 valence electrons. The van der Waals surface area contributed by atoms with Crippen molar-refractivity contribution in [1.29, 1.82) is 0 Å². The lowest BCUT2D eigenvalue weighted by Crippen LogP contribution is -2.18. The van der Waals surface area contributed by atoms with E-state index in [9.17, 15) is 5.11 Å². The fourth-order valence-corrected chi connectivity index (χ4v) is 1.12. The Labute approximate surface area is 83.3 Å². The van der Waals surface area contributed by atoms with Crippen molar-refractivity contribution in [1.82, 2.24) is 0 Å². The highest BCUT2D eigenvalue weighted by Crippen LogP contribution is 2.30. The Hall–Kier alpha value is -1.42. The number of nitrogens with two attached hydrogens (primary N) is 1. The topological polar surface area (TPSA) is 64.7 Å². The largest absolute Gasteiger partial charge is 0.506 e. The number of phenolic OH excluding ortho intramolecular Hbond substituents is 1. The SMILES string of the molecule is COCC(C)Oc1cccc(O)c1N. The Morgan fingerprint density at radius 1 is 1.50 bits per heavy atom. The van der Waals surface area contributed by atoms with Crippen LogP contribution in [0.25, 0.3) is 0 Å². The minimum absolute atomic E-state index is 0.0344. The molecule has 4 heteroatoms. The number of aromatic hydroxyl groups is 1. The zero-order valence-corrected chi connectivity index (χ0v) is 8.36. The average molecular weight is 197 g/mol. The van der Waals surface area contributed by atoms with Crippen molar-refractivity contribution in [2.24, 2.45) is 0 Å². The van der Waals surface area contributed by atoms with Crippen LogP contribution < -0.4 is 10.5 Å². The molecule has 0 bridgehead atoms. The molecule has 0 aromatic heterocycles. The average Bonchev–Trinajstić information content (AvgIpc) is 2.13. The Kier molecular flexibility index (Phi) is 3.59. The summed E-state index contributed by atoms with van der Waals surface area (Å²) in [6, 6.07) is 4.91. The molecule has 0 aliphatic heterocycles. The van der Waals surface area contributed by atoms with Crippen LogP contribution in [0.1, 0.15) is 6.92 Å². The molecule has 0 aliphatic carbocycles. The molecule has 0 saturated carbocycles. The van der Waals surface area contributed by atoms with Crippen molar-refractivity contribution in [3.63, 3.8) is 0 Å². The Bertz CT molecular complexity index is 301. The van der Waals surface area contributed by atoms with E-state index in [0.29, 0.717) is 12.4 Å². The third-order valence-electron chi connectivity index (χ3n) is 1.77. The molecular weight excluding hydrogens is 182 g/mol. The minimum Gasteiger partial charge on any atom is -0.506 e. The lowest BCUT2D eigenvalue weighted by atomic mass is 10.2. The smallest absolute Gasteiger partial charge is 0.146 e. The normalized spacial score (nSPS) is 12.4. The van der Waals surface area contributed by atoms with E-state index in [4.69, 9.17) is 15.2 Å². The molecule has 0 aliphatic rings. The van der Waals surface area contributed by atoms with Crippen molar-refractivity contribution in [3.05, 3.63) is 18.2 Å². The Morgan fingerprint density at radius 3 is 2.86 bits per heavy atom. The van der Waals surface area contributed by atoms with Gasteiger partial charge in [0.2, 0.25) is 0 Å². The summed E-state index contributed by atoms with van der Waals surface area (Å²) in [5, 5.41) is 9.31. The van der Waals surface area contributed by atoms with Gasteiger partial charge in [-0.1, -0.05) is 6.07 Å². The molecule has 1 unspecified atom stereocenters. The number of hydrogen-bond acceptors (Lipinski definition) is 4. The molecule has 0 fully saturated rings. The lowest BCUT2D eigenvalue weighted by Gasteiger charge is -2.15. The van der Waals surface area contributed by atoms with Crippen molar-refractivity contribution in [2.75, 3.05) is 19.5 Å². The molecule has 0 saturated heterocycles. The first-order valence-corrected chi connectivity index (χ1v) is 4.38. The number of para-hydroxylation sites is 1. The van der Waals surface area contributed by atoms with Gasteiger partial charge in [0.1, 0.15) is 23.3 Å². The monoisotopic (exact) mass is 197 g/mol. The molecule has 1 aromatic carbocycles. The molecule has 14 heavy (non-hydrogen) atoms. The van der Waals surface area contributed by atoms with Crippen LogP contribution >= 0.6 is 0 Å². The summed E-state index contributed by atoms with van der Waals surface area (Å²) in [5.41, 5.74) is 5.87. The number of hydrogen-bond donors (Lipinski definition) is 2. The van der Waals surface area contributed by atoms with E-state index in [2.05, 4.69) is 0 Å². The van der Waals surface area contributed by atoms with Crippen LogP contribution in [0.4, 0.5) is 5.69 Å². The van der Waals surface area contributed by atoms with E-state index >= 15 is 0 Å². The molecule has 1 rings (SSSR count). The van der Waals surface area contributed by atoms with Gasteiger partial charge in [-0.3, -0.25) is 0 Å². The van der Waals surface area contributed by atoms with Crippen molar-refractivity contribution in [2.45, 2.75) is 13.0 Å². The van der Waals surface area contributed by atoms with Crippen molar-refractivity contribution in [3.8, 4) is 11.5 Å². The van der Waals surface area contributed by atoms with Crippen LogP contribution in [0.2, 0.25) is 0 Å². The summed E-state index contributed by atoms with van der Waals surface area (Å²) in [7, 11) is 1.60. The molecule has 1 atom stereocenters. The summed E-state index contributed by atoms with van der Waals surface area (Å²) in [4.78, 5) is 0. The molecule has 4 nitrogen and oxygen atoms in total. The van der Waals surface area contributed by atoms with Crippen molar-refractivity contribution < 1.29 is 14.6 Å². The molecule has 1 aromatic rings. The van der Waals surface area contributed by atoms with Gasteiger partial charge in [0, 0.05) is 7.11 Å². The van der Waals surface area contributed by atoms with Gasteiger partial charge in [-0.25, -0.2) is 0 Å². The second-order valence-electron chi connectivity index (χ2n) is 3.07. The quantitative estimate of drug-likeness (QED) is 0.565. The second kappa shape index (κ2) is 4.72. The fourth-order valence-electron chi connectivity index (χ4n) is 1.12. The van der Waals surface area contributed by atoms with Gasteiger partial charge >= 0.3 is 0 Å². The third-order valence-corrected chi connectivity index (χ3v) is 1.77. The first-order chi connectivity index (χ1) is 6.65. The summed E-state index contributed by atoms with van der Waals surface area (Å²) in [6.07, 6.45) is -0.0934. The number of rotatable bonds is 4. The fraction of sp³-hybridized carbons (Fsp3) is 0.400. The van der Waals surface area contributed by atoms with Crippen LogP contribution in [0, 0.1) is 0 Å². The predicted molar refractivity (Wildman–Crippen MR) is 54.5 cm³/mol. The Morgan fingerprint density at radius 2 is 2.21 bits per heavy atom. The van der Waals surface area contributed by atoms with Gasteiger partial charge in [0.15, 0.2) is 0 Å². The van der Waals surface area contributed by atoms with E-state index < -0.39 is 0 Å². The second-order valence-corrected chi connectivity index (χ2v) is 3.07. The van der Waals surface area contributed by atoms with E-state index in [1.807, 2.05) is 6.92 Å². The summed E-state index contributed by atoms with van der Waals surface area (Å²) < 4.78 is 10.4. The minimum atomic E-state index is -0.0934. The van der Waals surface area contributed by atoms with Gasteiger partial charge in [-0.15, -0.1) is 0 Å². The maximum absolute atomic E-state index is 9.31.